The molecule has 4 aliphatic rings. The average molecular weight is 461 g/mol. The standard InChI is InChI=1S/C27H25ClN2O3/c1-13-9-18(33-21-12-29-20-11-17(28)7-8-19(20)30-21)10-14(2)22(13)25-26(31)23-15-3-4-16(6-5-15)24(23)27(25)32/h7-12,15-16,23-24,31H,3-6H2,1-2H3/t15-,16+,23?,24?. The number of nitrogens with zero attached hydrogens (tertiary/aromatic N) is 2. The number of benzene rings is 2. The molecule has 2 aromatic carbocycles. The summed E-state index contributed by atoms with van der Waals surface area (Å²) >= 11 is 6.03. The fourth-order valence-electron chi connectivity index (χ4n) is 6.44. The third-order valence-corrected chi connectivity index (χ3v) is 8.04. The molecule has 2 unspecified atom stereocenters. The maximum atomic E-state index is 13.5. The molecule has 2 bridgehead atoms. The molecule has 4 aliphatic carbocycles. The molecule has 1 N–H and O–H groups in total. The number of carbonyl (C=O) groups is 1. The maximum Gasteiger partial charge on any atom is 0.238 e. The second-order valence-electron chi connectivity index (χ2n) is 9.73. The predicted molar refractivity (Wildman–Crippen MR) is 128 cm³/mol. The third-order valence-electron chi connectivity index (χ3n) is 7.80. The molecule has 2 atom stereocenters. The molecule has 6 heteroatoms. The molecule has 1 heterocycles. The summed E-state index contributed by atoms with van der Waals surface area (Å²) in [6.45, 7) is 3.93. The molecule has 1 aromatic heterocycles. The van der Waals surface area contributed by atoms with Crippen molar-refractivity contribution in [3.05, 3.63) is 64.0 Å². The smallest absolute Gasteiger partial charge is 0.238 e. The predicted octanol–water partition coefficient (Wildman–Crippen LogP) is 6.60. The van der Waals surface area contributed by atoms with Crippen LogP contribution >= 0.6 is 11.6 Å². The van der Waals surface area contributed by atoms with E-state index in [1.54, 1.807) is 18.3 Å². The van der Waals surface area contributed by atoms with Gasteiger partial charge < -0.3 is 9.84 Å². The highest BCUT2D eigenvalue weighted by atomic mass is 35.5. The van der Waals surface area contributed by atoms with Gasteiger partial charge in [0.05, 0.1) is 22.8 Å². The number of fused-ring (bicyclic) bond motifs is 3. The normalized spacial score (nSPS) is 26.2. The molecule has 3 saturated carbocycles. The Morgan fingerprint density at radius 1 is 0.970 bits per heavy atom. The summed E-state index contributed by atoms with van der Waals surface area (Å²) in [5.74, 6) is 2.28. The Labute approximate surface area is 197 Å². The fraction of sp³-hybridized carbons (Fsp3) is 0.370. The number of hydrogen-bond donors (Lipinski definition) is 1. The molecule has 3 fully saturated rings. The topological polar surface area (TPSA) is 72.3 Å². The molecule has 0 radical (unpaired) electrons. The first-order valence-corrected chi connectivity index (χ1v) is 12.0. The van der Waals surface area contributed by atoms with Gasteiger partial charge in [-0.1, -0.05) is 11.6 Å². The number of rotatable bonds is 3. The van der Waals surface area contributed by atoms with Crippen LogP contribution in [-0.2, 0) is 4.79 Å². The number of aromatic nitrogens is 2. The Balaban J connectivity index is 1.34. The molecule has 5 nitrogen and oxygen atoms in total. The summed E-state index contributed by atoms with van der Waals surface area (Å²) in [6, 6.07) is 9.15. The largest absolute Gasteiger partial charge is 0.511 e. The minimum absolute atomic E-state index is 0.0103. The monoisotopic (exact) mass is 460 g/mol. The molecule has 0 aliphatic heterocycles. The number of halogens is 1. The molecular formula is C27H25ClN2O3. The second-order valence-corrected chi connectivity index (χ2v) is 10.2. The van der Waals surface area contributed by atoms with Crippen molar-refractivity contribution in [1.82, 2.24) is 9.97 Å². The van der Waals surface area contributed by atoms with Crippen LogP contribution in [0.4, 0.5) is 0 Å². The van der Waals surface area contributed by atoms with Crippen LogP contribution in [0.5, 0.6) is 11.6 Å². The van der Waals surface area contributed by atoms with Crippen molar-refractivity contribution in [2.24, 2.45) is 23.7 Å². The quantitative estimate of drug-likeness (QED) is 0.477. The van der Waals surface area contributed by atoms with Crippen LogP contribution in [0.2, 0.25) is 5.02 Å². The van der Waals surface area contributed by atoms with Crippen LogP contribution in [0.1, 0.15) is 42.4 Å². The van der Waals surface area contributed by atoms with Crippen LogP contribution in [0.3, 0.4) is 0 Å². The second kappa shape index (κ2) is 7.56. The number of aliphatic hydroxyl groups excluding tert-OH is 1. The Bertz CT molecular complexity index is 1320. The van der Waals surface area contributed by atoms with Crippen molar-refractivity contribution >= 4 is 34.0 Å². The molecule has 168 valence electrons. The van der Waals surface area contributed by atoms with E-state index in [1.165, 1.54) is 0 Å². The van der Waals surface area contributed by atoms with Crippen molar-refractivity contribution < 1.29 is 14.6 Å². The van der Waals surface area contributed by atoms with Crippen molar-refractivity contribution in [2.75, 3.05) is 0 Å². The summed E-state index contributed by atoms with van der Waals surface area (Å²) in [6.07, 6.45) is 6.05. The molecule has 0 spiro atoms. The summed E-state index contributed by atoms with van der Waals surface area (Å²) in [5.41, 5.74) is 4.60. The number of hydrogen-bond acceptors (Lipinski definition) is 5. The summed E-state index contributed by atoms with van der Waals surface area (Å²) in [7, 11) is 0. The lowest BCUT2D eigenvalue weighted by atomic mass is 9.59. The first-order chi connectivity index (χ1) is 15.9. The molecule has 7 rings (SSSR count). The zero-order valence-corrected chi connectivity index (χ0v) is 19.4. The highest BCUT2D eigenvalue weighted by molar-refractivity contribution is 6.31. The number of ketones is 1. The van der Waals surface area contributed by atoms with Crippen LogP contribution in [0, 0.1) is 37.5 Å². The number of aliphatic hydroxyl groups is 1. The first kappa shape index (κ1) is 20.7. The number of carbonyl (C=O) groups excluding carboxylic acids is 1. The maximum absolute atomic E-state index is 13.5. The van der Waals surface area contributed by atoms with Gasteiger partial charge in [0.1, 0.15) is 11.5 Å². The van der Waals surface area contributed by atoms with Crippen molar-refractivity contribution in [2.45, 2.75) is 39.5 Å². The number of aryl methyl sites for hydroxylation is 2. The van der Waals surface area contributed by atoms with Crippen molar-refractivity contribution in [3.63, 3.8) is 0 Å². The van der Waals surface area contributed by atoms with E-state index < -0.39 is 0 Å². The molecule has 33 heavy (non-hydrogen) atoms. The van der Waals surface area contributed by atoms with E-state index in [9.17, 15) is 9.90 Å². The first-order valence-electron chi connectivity index (χ1n) is 11.6. The summed E-state index contributed by atoms with van der Waals surface area (Å²) < 4.78 is 6.02. The molecule has 0 saturated heterocycles. The zero-order valence-electron chi connectivity index (χ0n) is 18.6. The van der Waals surface area contributed by atoms with Gasteiger partial charge in [0.15, 0.2) is 5.78 Å². The molecule has 0 amide bonds. The molecule has 3 aromatic rings. The fourth-order valence-corrected chi connectivity index (χ4v) is 6.61. The van der Waals surface area contributed by atoms with Gasteiger partial charge in [0.2, 0.25) is 5.88 Å². The van der Waals surface area contributed by atoms with E-state index in [1.807, 2.05) is 32.0 Å². The highest BCUT2D eigenvalue weighted by Crippen LogP contribution is 2.57. The van der Waals surface area contributed by atoms with E-state index >= 15 is 0 Å². The Hall–Kier alpha value is -2.92. The SMILES string of the molecule is Cc1cc(Oc2cnc3cc(Cl)ccc3n2)cc(C)c1C1=C(O)C2C(C1=O)[C@H]1CC[C@@H]2CC1. The lowest BCUT2D eigenvalue weighted by Gasteiger charge is -2.44. The lowest BCUT2D eigenvalue weighted by molar-refractivity contribution is -0.123. The van der Waals surface area contributed by atoms with E-state index in [-0.39, 0.29) is 17.6 Å². The van der Waals surface area contributed by atoms with Gasteiger partial charge in [-0.3, -0.25) is 4.79 Å². The molecular weight excluding hydrogens is 436 g/mol. The van der Waals surface area contributed by atoms with Gasteiger partial charge in [-0.05, 0) is 98.4 Å². The van der Waals surface area contributed by atoms with Gasteiger partial charge in [-0.15, -0.1) is 0 Å². The third kappa shape index (κ3) is 3.24. The van der Waals surface area contributed by atoms with E-state index in [4.69, 9.17) is 16.3 Å². The van der Waals surface area contributed by atoms with Crippen molar-refractivity contribution in [1.29, 1.82) is 0 Å². The lowest BCUT2D eigenvalue weighted by Crippen LogP contribution is -2.41. The number of allylic oxidation sites excluding steroid dienone is 2. The van der Waals surface area contributed by atoms with E-state index in [0.717, 1.165) is 42.4 Å². The van der Waals surface area contributed by atoms with Crippen molar-refractivity contribution in [3.8, 4) is 11.6 Å². The van der Waals surface area contributed by atoms with E-state index in [2.05, 4.69) is 9.97 Å². The Morgan fingerprint density at radius 3 is 2.30 bits per heavy atom. The van der Waals surface area contributed by atoms with Gasteiger partial charge in [-0.25, -0.2) is 9.97 Å². The highest BCUT2D eigenvalue weighted by Gasteiger charge is 2.54. The Kier molecular flexibility index (Phi) is 4.73. The van der Waals surface area contributed by atoms with Crippen LogP contribution in [0.25, 0.3) is 16.6 Å². The minimum Gasteiger partial charge on any atom is -0.511 e. The number of Topliss-reactive ketones (excluding diaryl/α,β-unsaturated/α-hetero) is 1. The van der Waals surface area contributed by atoms with Gasteiger partial charge in [0, 0.05) is 16.9 Å². The minimum atomic E-state index is -0.0383. The van der Waals surface area contributed by atoms with Crippen LogP contribution in [-0.4, -0.2) is 20.9 Å². The van der Waals surface area contributed by atoms with Gasteiger partial charge >= 0.3 is 0 Å². The van der Waals surface area contributed by atoms with Crippen LogP contribution in [0.15, 0.2) is 42.3 Å². The zero-order chi connectivity index (χ0) is 22.9. The van der Waals surface area contributed by atoms with Gasteiger partial charge in [0.25, 0.3) is 0 Å². The number of ether oxygens (including phenoxy) is 1. The average Bonchev–Trinajstić information content (AvgIpc) is 3.07. The van der Waals surface area contributed by atoms with Gasteiger partial charge in [-0.2, -0.15) is 0 Å². The van der Waals surface area contributed by atoms with Crippen LogP contribution < -0.4 is 4.74 Å². The summed E-state index contributed by atoms with van der Waals surface area (Å²) in [4.78, 5) is 22.4. The Morgan fingerprint density at radius 2 is 1.64 bits per heavy atom. The van der Waals surface area contributed by atoms with E-state index in [0.29, 0.717) is 50.9 Å². The summed E-state index contributed by atoms with van der Waals surface area (Å²) in [5, 5.41) is 11.8.